The molecule has 1 heterocycles. The van der Waals surface area contributed by atoms with Gasteiger partial charge in [0.25, 0.3) is 0 Å². The van der Waals surface area contributed by atoms with Gasteiger partial charge in [-0.15, -0.1) is 0 Å². The highest BCUT2D eigenvalue weighted by Crippen LogP contribution is 2.17. The smallest absolute Gasteiger partial charge is 0.224 e. The maximum Gasteiger partial charge on any atom is 0.224 e. The molecule has 1 amide bonds. The van der Waals surface area contributed by atoms with Crippen LogP contribution in [0.4, 0.5) is 0 Å². The second-order valence-corrected chi connectivity index (χ2v) is 7.33. The average Bonchev–Trinajstić information content (AvgIpc) is 2.52. The monoisotopic (exact) mass is 320 g/mol. The molecule has 1 atom stereocenters. The zero-order valence-electron chi connectivity index (χ0n) is 13.8. The molecular formula is C18H28N2OS. The van der Waals surface area contributed by atoms with Crippen molar-refractivity contribution in [1.29, 1.82) is 0 Å². The van der Waals surface area contributed by atoms with Crippen LogP contribution in [0.5, 0.6) is 0 Å². The van der Waals surface area contributed by atoms with Crippen LogP contribution >= 0.6 is 11.8 Å². The van der Waals surface area contributed by atoms with Gasteiger partial charge >= 0.3 is 0 Å². The molecule has 22 heavy (non-hydrogen) atoms. The number of carbonyl (C=O) groups is 1. The zero-order chi connectivity index (χ0) is 15.8. The lowest BCUT2D eigenvalue weighted by Gasteiger charge is -2.28. The van der Waals surface area contributed by atoms with Gasteiger partial charge in [0.15, 0.2) is 0 Å². The molecule has 0 aromatic heterocycles. The van der Waals surface area contributed by atoms with Gasteiger partial charge in [0.2, 0.25) is 5.91 Å². The first kappa shape index (κ1) is 17.4. The van der Waals surface area contributed by atoms with Crippen molar-refractivity contribution in [2.75, 3.05) is 32.4 Å². The molecule has 0 spiro atoms. The van der Waals surface area contributed by atoms with Crippen LogP contribution in [0, 0.1) is 12.8 Å². The molecule has 3 nitrogen and oxygen atoms in total. The summed E-state index contributed by atoms with van der Waals surface area (Å²) in [4.78, 5) is 14.4. The Bertz CT molecular complexity index is 478. The highest BCUT2D eigenvalue weighted by atomic mass is 32.2. The topological polar surface area (TPSA) is 32.3 Å². The Morgan fingerprint density at radius 2 is 2.23 bits per heavy atom. The number of benzene rings is 1. The predicted molar refractivity (Wildman–Crippen MR) is 95.2 cm³/mol. The molecule has 1 aromatic carbocycles. The number of thioether (sulfide) groups is 1. The third-order valence-corrected chi connectivity index (χ3v) is 5.37. The molecule has 0 bridgehead atoms. The Labute approximate surface area is 138 Å². The van der Waals surface area contributed by atoms with E-state index in [1.807, 2.05) is 11.8 Å². The Morgan fingerprint density at radius 3 is 3.00 bits per heavy atom. The summed E-state index contributed by atoms with van der Waals surface area (Å²) in [6.07, 6.45) is 3.23. The summed E-state index contributed by atoms with van der Waals surface area (Å²) in [6.45, 7) is 5.00. The summed E-state index contributed by atoms with van der Waals surface area (Å²) in [5.41, 5.74) is 2.78. The number of rotatable bonds is 7. The van der Waals surface area contributed by atoms with Crippen LogP contribution in [0.1, 0.15) is 30.4 Å². The van der Waals surface area contributed by atoms with Crippen molar-refractivity contribution in [2.24, 2.45) is 5.92 Å². The molecule has 1 aromatic rings. The van der Waals surface area contributed by atoms with Gasteiger partial charge in [-0.05, 0) is 56.7 Å². The molecule has 1 aliphatic rings. The van der Waals surface area contributed by atoms with Crippen LogP contribution in [0.15, 0.2) is 24.3 Å². The number of aryl methyl sites for hydroxylation is 1. The number of nitrogens with one attached hydrogen (secondary N) is 1. The fraction of sp³-hybridized carbons (Fsp3) is 0.611. The Balaban J connectivity index is 1.55. The van der Waals surface area contributed by atoms with Crippen molar-refractivity contribution in [3.8, 4) is 0 Å². The molecule has 1 N–H and O–H groups in total. The summed E-state index contributed by atoms with van der Waals surface area (Å²) in [5, 5.41) is 3.10. The van der Waals surface area contributed by atoms with Gasteiger partial charge in [-0.2, -0.15) is 11.8 Å². The Hall–Kier alpha value is -1.00. The van der Waals surface area contributed by atoms with E-state index in [1.54, 1.807) is 0 Å². The van der Waals surface area contributed by atoms with E-state index < -0.39 is 0 Å². The summed E-state index contributed by atoms with van der Waals surface area (Å²) in [5.74, 6) is 2.60. The molecule has 0 unspecified atom stereocenters. The summed E-state index contributed by atoms with van der Waals surface area (Å²) >= 11 is 1.95. The standard InChI is InChI=1S/C18H28N2OS/c1-15-7-3-4-8-17(15)14-22-12-6-10-19-18(21)16-9-5-11-20(2)13-16/h3-4,7-8,16H,5-6,9-14H2,1-2H3,(H,19,21)/t16-/m0/s1. The quantitative estimate of drug-likeness (QED) is 0.784. The van der Waals surface area contributed by atoms with Gasteiger partial charge in [-0.1, -0.05) is 24.3 Å². The lowest BCUT2D eigenvalue weighted by Crippen LogP contribution is -2.41. The van der Waals surface area contributed by atoms with E-state index in [0.717, 1.165) is 50.4 Å². The van der Waals surface area contributed by atoms with Crippen molar-refractivity contribution >= 4 is 17.7 Å². The van der Waals surface area contributed by atoms with E-state index in [4.69, 9.17) is 0 Å². The maximum absolute atomic E-state index is 12.1. The molecule has 1 aliphatic heterocycles. The molecule has 1 fully saturated rings. The van der Waals surface area contributed by atoms with Crippen molar-refractivity contribution < 1.29 is 4.79 Å². The number of hydrogen-bond acceptors (Lipinski definition) is 3. The minimum Gasteiger partial charge on any atom is -0.356 e. The van der Waals surface area contributed by atoms with Gasteiger partial charge in [0, 0.05) is 18.8 Å². The van der Waals surface area contributed by atoms with E-state index >= 15 is 0 Å². The van der Waals surface area contributed by atoms with Crippen molar-refractivity contribution in [1.82, 2.24) is 10.2 Å². The minimum atomic E-state index is 0.193. The molecule has 4 heteroatoms. The van der Waals surface area contributed by atoms with E-state index in [1.165, 1.54) is 11.1 Å². The molecule has 0 saturated carbocycles. The van der Waals surface area contributed by atoms with Crippen LogP contribution < -0.4 is 5.32 Å². The highest BCUT2D eigenvalue weighted by Gasteiger charge is 2.23. The number of likely N-dealkylation sites (tertiary alicyclic amines) is 1. The third kappa shape index (κ3) is 5.65. The first-order valence-electron chi connectivity index (χ1n) is 8.25. The average molecular weight is 321 g/mol. The van der Waals surface area contributed by atoms with Crippen LogP contribution in [-0.2, 0) is 10.5 Å². The number of carbonyl (C=O) groups excluding carboxylic acids is 1. The summed E-state index contributed by atoms with van der Waals surface area (Å²) in [7, 11) is 2.10. The van der Waals surface area contributed by atoms with E-state index in [-0.39, 0.29) is 11.8 Å². The lowest BCUT2D eigenvalue weighted by molar-refractivity contribution is -0.126. The SMILES string of the molecule is Cc1ccccc1CSCCCNC(=O)[C@H]1CCCN(C)C1. The molecule has 2 rings (SSSR count). The molecule has 0 radical (unpaired) electrons. The normalized spacial score (nSPS) is 19.1. The first-order chi connectivity index (χ1) is 10.7. The summed E-state index contributed by atoms with van der Waals surface area (Å²) < 4.78 is 0. The fourth-order valence-electron chi connectivity index (χ4n) is 2.86. The van der Waals surface area contributed by atoms with Crippen molar-refractivity contribution in [3.63, 3.8) is 0 Å². The zero-order valence-corrected chi connectivity index (χ0v) is 14.6. The number of amides is 1. The number of piperidine rings is 1. The Kier molecular flexibility index (Phi) is 7.26. The predicted octanol–water partition coefficient (Wildman–Crippen LogP) is 3.08. The van der Waals surface area contributed by atoms with Crippen LogP contribution in [-0.4, -0.2) is 43.2 Å². The van der Waals surface area contributed by atoms with Crippen LogP contribution in [0.2, 0.25) is 0 Å². The van der Waals surface area contributed by atoms with Crippen molar-refractivity contribution in [3.05, 3.63) is 35.4 Å². The minimum absolute atomic E-state index is 0.193. The van der Waals surface area contributed by atoms with Crippen molar-refractivity contribution in [2.45, 2.75) is 31.9 Å². The van der Waals surface area contributed by atoms with E-state index in [2.05, 4.69) is 48.5 Å². The number of hydrogen-bond donors (Lipinski definition) is 1. The third-order valence-electron chi connectivity index (χ3n) is 4.28. The molecular weight excluding hydrogens is 292 g/mol. The van der Waals surface area contributed by atoms with Gasteiger partial charge in [0.05, 0.1) is 5.92 Å². The Morgan fingerprint density at radius 1 is 1.41 bits per heavy atom. The summed E-state index contributed by atoms with van der Waals surface area (Å²) in [6, 6.07) is 8.55. The van der Waals surface area contributed by atoms with E-state index in [9.17, 15) is 4.79 Å². The fourth-order valence-corrected chi connectivity index (χ4v) is 3.90. The maximum atomic E-state index is 12.1. The van der Waals surface area contributed by atoms with Crippen LogP contribution in [0.3, 0.4) is 0 Å². The van der Waals surface area contributed by atoms with E-state index in [0.29, 0.717) is 0 Å². The van der Waals surface area contributed by atoms with Gasteiger partial charge in [-0.25, -0.2) is 0 Å². The van der Waals surface area contributed by atoms with Crippen LogP contribution in [0.25, 0.3) is 0 Å². The number of nitrogens with zero attached hydrogens (tertiary/aromatic N) is 1. The molecule has 1 saturated heterocycles. The second kappa shape index (κ2) is 9.21. The lowest BCUT2D eigenvalue weighted by atomic mass is 9.98. The largest absolute Gasteiger partial charge is 0.356 e. The highest BCUT2D eigenvalue weighted by molar-refractivity contribution is 7.98. The van der Waals surface area contributed by atoms with Gasteiger partial charge in [-0.3, -0.25) is 4.79 Å². The van der Waals surface area contributed by atoms with Gasteiger partial charge in [0.1, 0.15) is 0 Å². The van der Waals surface area contributed by atoms with Gasteiger partial charge < -0.3 is 10.2 Å². The second-order valence-electron chi connectivity index (χ2n) is 6.23. The molecule has 122 valence electrons. The molecule has 0 aliphatic carbocycles. The first-order valence-corrected chi connectivity index (χ1v) is 9.41.